The van der Waals surface area contributed by atoms with Crippen LogP contribution in [0, 0.1) is 12.0 Å². The first-order valence-corrected chi connectivity index (χ1v) is 14.1. The van der Waals surface area contributed by atoms with Crippen molar-refractivity contribution in [2.75, 3.05) is 0 Å². The van der Waals surface area contributed by atoms with Crippen molar-refractivity contribution in [3.8, 4) is 33.7 Å². The van der Waals surface area contributed by atoms with E-state index in [1.165, 1.54) is 30.9 Å². The fourth-order valence-corrected chi connectivity index (χ4v) is 5.13. The zero-order valence-corrected chi connectivity index (χ0v) is 27.1. The van der Waals surface area contributed by atoms with Gasteiger partial charge in [-0.15, -0.1) is 11.6 Å². The minimum Gasteiger partial charge on any atom is -0.512 e. The van der Waals surface area contributed by atoms with Crippen LogP contribution in [0.5, 0.6) is 0 Å². The molecule has 0 fully saturated rings. The van der Waals surface area contributed by atoms with Crippen LogP contribution in [0.15, 0.2) is 120 Å². The molecule has 0 bridgehead atoms. The van der Waals surface area contributed by atoms with E-state index in [1.807, 2.05) is 30.5 Å². The van der Waals surface area contributed by atoms with E-state index >= 15 is 0 Å². The van der Waals surface area contributed by atoms with Gasteiger partial charge in [0, 0.05) is 37.9 Å². The third kappa shape index (κ3) is 7.75. The summed E-state index contributed by atoms with van der Waals surface area (Å²) in [5.41, 5.74) is 7.28. The molecule has 4 aromatic carbocycles. The van der Waals surface area contributed by atoms with Crippen molar-refractivity contribution in [2.24, 2.45) is 5.92 Å². The second-order valence-corrected chi connectivity index (χ2v) is 10.9. The molecule has 1 radical (unpaired) electrons. The van der Waals surface area contributed by atoms with Crippen molar-refractivity contribution < 1.29 is 34.4 Å². The minimum absolute atomic E-state index is 0. The van der Waals surface area contributed by atoms with Crippen molar-refractivity contribution in [2.45, 2.75) is 34.1 Å². The van der Waals surface area contributed by atoms with Crippen LogP contribution in [0.2, 0.25) is 0 Å². The molecule has 6 rings (SSSR count). The number of hydrogen-bond donors (Lipinski definition) is 1. The normalized spacial score (nSPS) is 11.2. The molecule has 0 unspecified atom stereocenters. The predicted molar refractivity (Wildman–Crippen MR) is 172 cm³/mol. The molecule has 2 aromatic heterocycles. The van der Waals surface area contributed by atoms with Gasteiger partial charge in [-0.3, -0.25) is 4.79 Å². The number of carbonyl (C=O) groups is 1. The first-order chi connectivity index (χ1) is 20.3. The molecule has 0 spiro atoms. The van der Waals surface area contributed by atoms with Crippen molar-refractivity contribution >= 4 is 27.5 Å². The Hall–Kier alpha value is -4.31. The number of carbonyl (C=O) groups excluding carboxylic acids is 1. The third-order valence-electron chi connectivity index (χ3n) is 6.84. The van der Waals surface area contributed by atoms with E-state index < -0.39 is 0 Å². The molecule has 0 amide bonds. The van der Waals surface area contributed by atoms with E-state index in [0.717, 1.165) is 56.5 Å². The number of aliphatic hydroxyl groups excluding tert-OH is 1. The van der Waals surface area contributed by atoms with Gasteiger partial charge >= 0.3 is 0 Å². The molecule has 6 aromatic rings. The van der Waals surface area contributed by atoms with Gasteiger partial charge in [-0.2, -0.15) is 0 Å². The molecular formula is C38H34IrNO3-. The Morgan fingerprint density at radius 3 is 2.16 bits per heavy atom. The van der Waals surface area contributed by atoms with E-state index in [9.17, 15) is 4.79 Å². The van der Waals surface area contributed by atoms with Crippen LogP contribution >= 0.6 is 0 Å². The fourth-order valence-electron chi connectivity index (χ4n) is 5.13. The summed E-state index contributed by atoms with van der Waals surface area (Å²) in [6.07, 6.45) is 4.13. The smallest absolute Gasteiger partial charge is 0.155 e. The minimum atomic E-state index is -0.125. The zero-order chi connectivity index (χ0) is 29.6. The number of furan rings is 1. The average molecular weight is 745 g/mol. The number of pyridine rings is 1. The number of hydrogen-bond acceptors (Lipinski definition) is 4. The second kappa shape index (κ2) is 14.2. The van der Waals surface area contributed by atoms with Crippen LogP contribution in [0.4, 0.5) is 0 Å². The fraction of sp³-hybridized carbons (Fsp3) is 0.158. The number of aromatic nitrogens is 1. The first kappa shape index (κ1) is 31.6. The SMILES string of the molecule is CC(=O)/C=C(/C)O.CC(C)Cc1ccc2c(-c3[c-]c4oc(-c5ccccc5)cc4c(-c4ccccc4)c3)nccc2c1.[Ir]. The largest absolute Gasteiger partial charge is 0.512 e. The Balaban J connectivity index is 0.000000475. The van der Waals surface area contributed by atoms with Crippen molar-refractivity contribution in [1.29, 1.82) is 0 Å². The van der Waals surface area contributed by atoms with Gasteiger partial charge in [0.2, 0.25) is 0 Å². The van der Waals surface area contributed by atoms with Gasteiger partial charge in [-0.1, -0.05) is 110 Å². The molecule has 0 atom stereocenters. The number of allylic oxidation sites excluding steroid dienone is 2. The summed E-state index contributed by atoms with van der Waals surface area (Å²) in [5.74, 6) is 1.40. The number of nitrogens with zero attached hydrogens (tertiary/aromatic N) is 1. The van der Waals surface area contributed by atoms with Crippen LogP contribution in [-0.4, -0.2) is 15.9 Å². The van der Waals surface area contributed by atoms with E-state index in [4.69, 9.17) is 14.5 Å². The summed E-state index contributed by atoms with van der Waals surface area (Å²) < 4.78 is 6.37. The maximum absolute atomic E-state index is 10.0. The average Bonchev–Trinajstić information content (AvgIpc) is 3.41. The maximum Gasteiger partial charge on any atom is 0.155 e. The van der Waals surface area contributed by atoms with Crippen LogP contribution < -0.4 is 0 Å². The molecular weight excluding hydrogens is 711 g/mol. The topological polar surface area (TPSA) is 63.3 Å². The molecule has 0 aliphatic heterocycles. The summed E-state index contributed by atoms with van der Waals surface area (Å²) in [6.45, 7) is 7.36. The van der Waals surface area contributed by atoms with E-state index in [-0.39, 0.29) is 31.6 Å². The molecule has 0 aliphatic rings. The van der Waals surface area contributed by atoms with Gasteiger partial charge in [0.15, 0.2) is 5.78 Å². The molecule has 219 valence electrons. The van der Waals surface area contributed by atoms with Crippen molar-refractivity contribution in [3.05, 3.63) is 127 Å². The summed E-state index contributed by atoms with van der Waals surface area (Å²) in [5, 5.41) is 11.7. The van der Waals surface area contributed by atoms with Crippen LogP contribution in [0.3, 0.4) is 0 Å². The number of benzene rings is 4. The Morgan fingerprint density at radius 2 is 1.56 bits per heavy atom. The molecule has 43 heavy (non-hydrogen) atoms. The zero-order valence-electron chi connectivity index (χ0n) is 24.7. The van der Waals surface area contributed by atoms with Gasteiger partial charge < -0.3 is 14.5 Å². The number of fused-ring (bicyclic) bond motifs is 2. The molecule has 5 heteroatoms. The first-order valence-electron chi connectivity index (χ1n) is 14.1. The van der Waals surface area contributed by atoms with Gasteiger partial charge in [-0.25, -0.2) is 0 Å². The Labute approximate surface area is 266 Å². The number of rotatable bonds is 6. The van der Waals surface area contributed by atoms with Gasteiger partial charge in [0.05, 0.1) is 11.3 Å². The van der Waals surface area contributed by atoms with Gasteiger partial charge in [-0.05, 0) is 65.9 Å². The van der Waals surface area contributed by atoms with E-state index in [0.29, 0.717) is 5.92 Å². The van der Waals surface area contributed by atoms with Gasteiger partial charge in [0.25, 0.3) is 0 Å². The molecule has 0 aliphatic carbocycles. The Morgan fingerprint density at radius 1 is 0.884 bits per heavy atom. The summed E-state index contributed by atoms with van der Waals surface area (Å²) >= 11 is 0. The van der Waals surface area contributed by atoms with Crippen molar-refractivity contribution in [1.82, 2.24) is 4.98 Å². The number of aliphatic hydroxyl groups is 1. The summed E-state index contributed by atoms with van der Waals surface area (Å²) in [6, 6.07) is 37.4. The predicted octanol–water partition coefficient (Wildman–Crippen LogP) is 10.0. The monoisotopic (exact) mass is 745 g/mol. The quantitative estimate of drug-likeness (QED) is 0.105. The van der Waals surface area contributed by atoms with Crippen LogP contribution in [-0.2, 0) is 31.3 Å². The molecule has 0 saturated carbocycles. The van der Waals surface area contributed by atoms with Gasteiger partial charge in [0.1, 0.15) is 5.76 Å². The van der Waals surface area contributed by atoms with Crippen LogP contribution in [0.1, 0.15) is 33.3 Å². The summed E-state index contributed by atoms with van der Waals surface area (Å²) in [4.78, 5) is 14.8. The molecule has 1 N–H and O–H groups in total. The third-order valence-corrected chi connectivity index (χ3v) is 6.84. The van der Waals surface area contributed by atoms with E-state index in [1.54, 1.807) is 0 Å². The molecule has 2 heterocycles. The Bertz CT molecular complexity index is 1870. The van der Waals surface area contributed by atoms with Crippen LogP contribution in [0.25, 0.3) is 55.4 Å². The summed E-state index contributed by atoms with van der Waals surface area (Å²) in [7, 11) is 0. The van der Waals surface area contributed by atoms with E-state index in [2.05, 4.69) is 92.7 Å². The molecule has 0 saturated heterocycles. The number of ketones is 1. The second-order valence-electron chi connectivity index (χ2n) is 10.9. The Kier molecular flexibility index (Phi) is 10.5. The maximum atomic E-state index is 10.0. The standard InChI is InChI=1S/C33H26NO.C5H8O2.Ir/c1-22(2)17-23-13-14-28-26(18-23)15-16-34-33(28)27-19-29(24-9-5-3-6-10-24)30-21-31(35-32(30)20-27)25-11-7-4-8-12-25;1-4(6)3-5(2)7;/h3-16,18-19,21-22H,17H2,1-2H3;3,6H,1-2H3;/q-1;;/b;4-3-;. The van der Waals surface area contributed by atoms with Crippen molar-refractivity contribution in [3.63, 3.8) is 0 Å². The molecule has 4 nitrogen and oxygen atoms in total.